The zero-order valence-electron chi connectivity index (χ0n) is 24.3. The molecule has 2 fully saturated rings. The van der Waals surface area contributed by atoms with E-state index in [-0.39, 0.29) is 11.3 Å². The van der Waals surface area contributed by atoms with E-state index in [1.165, 1.54) is 62.7 Å². The summed E-state index contributed by atoms with van der Waals surface area (Å²) >= 11 is 0. The molecule has 1 amide bonds. The number of fused-ring (bicyclic) bond motifs is 2. The Morgan fingerprint density at radius 2 is 1.55 bits per heavy atom. The fourth-order valence-corrected chi connectivity index (χ4v) is 7.48. The zero-order chi connectivity index (χ0) is 28.4. The SMILES string of the molecule is O=C(c1ccc(CN2CCC3(CC2)CN(C2CCCCC2)c2ccccc23)cc1)N(Cc1ncc[nH]1)Cc1ncc[nH]1. The maximum atomic E-state index is 13.5. The van der Waals surface area contributed by atoms with Crippen LogP contribution >= 0.6 is 0 Å². The molecule has 42 heavy (non-hydrogen) atoms. The van der Waals surface area contributed by atoms with Gasteiger partial charge in [0.1, 0.15) is 11.6 Å². The van der Waals surface area contributed by atoms with E-state index in [0.29, 0.717) is 24.7 Å². The molecule has 4 aromatic rings. The number of carbonyl (C=O) groups is 1. The zero-order valence-corrected chi connectivity index (χ0v) is 24.3. The minimum atomic E-state index is -0.0308. The van der Waals surface area contributed by atoms with Crippen molar-refractivity contribution in [1.82, 2.24) is 29.7 Å². The van der Waals surface area contributed by atoms with Gasteiger partial charge in [0.05, 0.1) is 13.1 Å². The van der Waals surface area contributed by atoms with Gasteiger partial charge in [-0.1, -0.05) is 49.6 Å². The number of aromatic amines is 2. The largest absolute Gasteiger partial charge is 0.367 e. The molecule has 0 atom stereocenters. The van der Waals surface area contributed by atoms with Crippen LogP contribution in [-0.4, -0.2) is 61.3 Å². The van der Waals surface area contributed by atoms with Crippen molar-refractivity contribution in [3.05, 3.63) is 102 Å². The van der Waals surface area contributed by atoms with Crippen LogP contribution in [0.1, 0.15) is 78.1 Å². The summed E-state index contributed by atoms with van der Waals surface area (Å²) < 4.78 is 0. The first-order valence-electron chi connectivity index (χ1n) is 15.6. The maximum absolute atomic E-state index is 13.5. The Hall–Kier alpha value is -3.91. The molecule has 2 aromatic heterocycles. The van der Waals surface area contributed by atoms with Gasteiger partial charge in [-0.2, -0.15) is 0 Å². The fraction of sp³-hybridized carbons (Fsp3) is 0.441. The molecule has 0 unspecified atom stereocenters. The molecule has 8 heteroatoms. The van der Waals surface area contributed by atoms with Gasteiger partial charge in [0.25, 0.3) is 5.91 Å². The van der Waals surface area contributed by atoms with E-state index in [1.54, 1.807) is 35.3 Å². The Kier molecular flexibility index (Phi) is 7.55. The summed E-state index contributed by atoms with van der Waals surface area (Å²) in [6.45, 7) is 5.10. The number of piperidine rings is 1. The third-order valence-corrected chi connectivity index (χ3v) is 9.77. The van der Waals surface area contributed by atoms with Crippen LogP contribution in [0.25, 0.3) is 0 Å². The Morgan fingerprint density at radius 3 is 2.19 bits per heavy atom. The Balaban J connectivity index is 0.992. The lowest BCUT2D eigenvalue weighted by Crippen LogP contribution is -2.46. The van der Waals surface area contributed by atoms with Crippen molar-refractivity contribution in [3.63, 3.8) is 0 Å². The number of rotatable bonds is 8. The maximum Gasteiger partial charge on any atom is 0.254 e. The summed E-state index contributed by atoms with van der Waals surface area (Å²) in [6, 6.07) is 18.1. The van der Waals surface area contributed by atoms with Gasteiger partial charge in [-0.25, -0.2) is 9.97 Å². The third-order valence-electron chi connectivity index (χ3n) is 9.77. The van der Waals surface area contributed by atoms with Crippen molar-refractivity contribution in [2.45, 2.75) is 76.0 Å². The molecule has 7 rings (SSSR count). The molecule has 2 N–H and O–H groups in total. The van der Waals surface area contributed by atoms with Crippen LogP contribution in [0.3, 0.4) is 0 Å². The van der Waals surface area contributed by atoms with E-state index in [0.717, 1.165) is 31.3 Å². The highest BCUT2D eigenvalue weighted by Crippen LogP contribution is 2.49. The molecule has 2 aliphatic heterocycles. The number of nitrogens with one attached hydrogen (secondary N) is 2. The molecular weight excluding hydrogens is 522 g/mol. The molecule has 1 aliphatic carbocycles. The Labute approximate surface area is 248 Å². The van der Waals surface area contributed by atoms with Crippen LogP contribution in [0.2, 0.25) is 0 Å². The van der Waals surface area contributed by atoms with Gasteiger partial charge in [0.2, 0.25) is 0 Å². The van der Waals surface area contributed by atoms with Crippen molar-refractivity contribution in [1.29, 1.82) is 0 Å². The van der Waals surface area contributed by atoms with Crippen molar-refractivity contribution < 1.29 is 4.79 Å². The van der Waals surface area contributed by atoms with Gasteiger partial charge in [-0.05, 0) is 68.1 Å². The van der Waals surface area contributed by atoms with Crippen LogP contribution in [0.4, 0.5) is 5.69 Å². The molecule has 4 heterocycles. The van der Waals surface area contributed by atoms with Crippen molar-refractivity contribution in [2.75, 3.05) is 24.5 Å². The lowest BCUT2D eigenvalue weighted by Gasteiger charge is -2.41. The Morgan fingerprint density at radius 1 is 0.881 bits per heavy atom. The van der Waals surface area contributed by atoms with Gasteiger partial charge in [0, 0.05) is 60.6 Å². The van der Waals surface area contributed by atoms with E-state index in [2.05, 4.69) is 66.1 Å². The van der Waals surface area contributed by atoms with Crippen LogP contribution < -0.4 is 4.90 Å². The minimum absolute atomic E-state index is 0.0308. The lowest BCUT2D eigenvalue weighted by atomic mass is 9.74. The third kappa shape index (κ3) is 5.48. The van der Waals surface area contributed by atoms with Crippen LogP contribution in [0.5, 0.6) is 0 Å². The quantitative estimate of drug-likeness (QED) is 0.289. The second kappa shape index (κ2) is 11.8. The highest BCUT2D eigenvalue weighted by Gasteiger charge is 2.46. The number of para-hydroxylation sites is 1. The van der Waals surface area contributed by atoms with Gasteiger partial charge in [-0.3, -0.25) is 9.69 Å². The van der Waals surface area contributed by atoms with Crippen molar-refractivity contribution >= 4 is 11.6 Å². The van der Waals surface area contributed by atoms with Crippen LogP contribution in [0, 0.1) is 0 Å². The second-order valence-electron chi connectivity index (χ2n) is 12.4. The van der Waals surface area contributed by atoms with E-state index in [4.69, 9.17) is 0 Å². The van der Waals surface area contributed by atoms with Gasteiger partial charge >= 0.3 is 0 Å². The average Bonchev–Trinajstić information content (AvgIpc) is 3.81. The molecule has 2 aromatic carbocycles. The first kappa shape index (κ1) is 27.0. The number of anilines is 1. The van der Waals surface area contributed by atoms with Crippen molar-refractivity contribution in [3.8, 4) is 0 Å². The van der Waals surface area contributed by atoms with Gasteiger partial charge in [0.15, 0.2) is 0 Å². The number of aromatic nitrogens is 4. The number of carbonyl (C=O) groups excluding carboxylic acids is 1. The predicted octanol–water partition coefficient (Wildman–Crippen LogP) is 5.66. The van der Waals surface area contributed by atoms with E-state index in [9.17, 15) is 4.79 Å². The molecule has 1 spiro atoms. The summed E-state index contributed by atoms with van der Waals surface area (Å²) in [7, 11) is 0. The molecular formula is C34H41N7O. The lowest BCUT2D eigenvalue weighted by molar-refractivity contribution is 0.0721. The monoisotopic (exact) mass is 563 g/mol. The molecule has 0 radical (unpaired) electrons. The number of imidazole rings is 2. The minimum Gasteiger partial charge on any atom is -0.367 e. The number of H-pyrrole nitrogens is 2. The summed E-state index contributed by atoms with van der Waals surface area (Å²) in [4.78, 5) is 35.5. The topological polar surface area (TPSA) is 84.2 Å². The molecule has 1 saturated carbocycles. The van der Waals surface area contributed by atoms with Gasteiger partial charge in [-0.15, -0.1) is 0 Å². The summed E-state index contributed by atoms with van der Waals surface area (Å²) in [5, 5.41) is 0. The number of likely N-dealkylation sites (tertiary alicyclic amines) is 1. The van der Waals surface area contributed by atoms with Crippen LogP contribution in [0.15, 0.2) is 73.3 Å². The highest BCUT2D eigenvalue weighted by atomic mass is 16.2. The standard InChI is InChI=1S/C34H41N7O/c42-33(40(23-31-35-16-17-36-31)24-32-37-18-19-38-32)27-12-10-26(11-13-27)22-39-20-14-34(15-21-39)25-41(28-6-2-1-3-7-28)30-9-5-4-8-29(30)34/h4-5,8-13,16-19,28H,1-3,6-7,14-15,20-25H2,(H,35,36)(H,37,38). The number of hydrogen-bond donors (Lipinski definition) is 2. The van der Waals surface area contributed by atoms with Gasteiger partial charge < -0.3 is 19.8 Å². The molecule has 3 aliphatic rings. The van der Waals surface area contributed by atoms with E-state index < -0.39 is 0 Å². The number of amides is 1. The molecule has 1 saturated heterocycles. The second-order valence-corrected chi connectivity index (χ2v) is 12.4. The van der Waals surface area contributed by atoms with E-state index >= 15 is 0 Å². The summed E-state index contributed by atoms with van der Waals surface area (Å²) in [5.41, 5.74) is 5.31. The smallest absolute Gasteiger partial charge is 0.254 e. The summed E-state index contributed by atoms with van der Waals surface area (Å²) in [6.07, 6.45) is 16.2. The average molecular weight is 564 g/mol. The number of benzene rings is 2. The summed E-state index contributed by atoms with van der Waals surface area (Å²) in [5.74, 6) is 1.47. The Bertz CT molecular complexity index is 1410. The first-order chi connectivity index (χ1) is 20.7. The van der Waals surface area contributed by atoms with Crippen LogP contribution in [-0.2, 0) is 25.0 Å². The molecule has 8 nitrogen and oxygen atoms in total. The molecule has 0 bridgehead atoms. The van der Waals surface area contributed by atoms with Crippen molar-refractivity contribution in [2.24, 2.45) is 0 Å². The number of nitrogens with zero attached hydrogens (tertiary/aromatic N) is 5. The number of hydrogen-bond acceptors (Lipinski definition) is 5. The predicted molar refractivity (Wildman–Crippen MR) is 164 cm³/mol. The molecule has 218 valence electrons. The van der Waals surface area contributed by atoms with E-state index in [1.807, 2.05) is 12.1 Å². The highest BCUT2D eigenvalue weighted by molar-refractivity contribution is 5.94. The first-order valence-corrected chi connectivity index (χ1v) is 15.6. The normalized spacial score (nSPS) is 18.8. The fourth-order valence-electron chi connectivity index (χ4n) is 7.48.